The van der Waals surface area contributed by atoms with E-state index < -0.39 is 0 Å². The van der Waals surface area contributed by atoms with Crippen molar-refractivity contribution in [2.75, 3.05) is 20.6 Å². The summed E-state index contributed by atoms with van der Waals surface area (Å²) in [4.78, 5) is 35.7. The van der Waals surface area contributed by atoms with Gasteiger partial charge in [0.25, 0.3) is 5.91 Å². The van der Waals surface area contributed by atoms with Crippen molar-refractivity contribution in [3.63, 3.8) is 0 Å². The summed E-state index contributed by atoms with van der Waals surface area (Å²) in [5.74, 6) is 0.169. The molecule has 3 heterocycles. The Kier molecular flexibility index (Phi) is 4.73. The molecule has 0 bridgehead atoms. The van der Waals surface area contributed by atoms with Crippen LogP contribution in [0.25, 0.3) is 0 Å². The highest BCUT2D eigenvalue weighted by Crippen LogP contribution is 2.29. The van der Waals surface area contributed by atoms with Gasteiger partial charge in [0.05, 0.1) is 22.0 Å². The smallest absolute Gasteiger partial charge is 0.263 e. The van der Waals surface area contributed by atoms with Gasteiger partial charge >= 0.3 is 0 Å². The molecule has 0 fully saturated rings. The van der Waals surface area contributed by atoms with Crippen molar-refractivity contribution >= 4 is 34.5 Å². The molecule has 2 amide bonds. The summed E-state index contributed by atoms with van der Waals surface area (Å²) in [7, 11) is 3.52. The van der Waals surface area contributed by atoms with Crippen LogP contribution in [0, 0.1) is 13.8 Å². The molecule has 0 atom stereocenters. The van der Waals surface area contributed by atoms with Crippen molar-refractivity contribution in [3.8, 4) is 0 Å². The van der Waals surface area contributed by atoms with Crippen LogP contribution in [0.4, 0.5) is 0 Å². The molecule has 24 heavy (non-hydrogen) atoms. The van der Waals surface area contributed by atoms with Gasteiger partial charge in [0.1, 0.15) is 0 Å². The highest BCUT2D eigenvalue weighted by molar-refractivity contribution is 7.14. The number of thiophene rings is 1. The first-order chi connectivity index (χ1) is 11.3. The van der Waals surface area contributed by atoms with Crippen LogP contribution < -0.4 is 0 Å². The van der Waals surface area contributed by atoms with E-state index in [9.17, 15) is 9.59 Å². The zero-order valence-electron chi connectivity index (χ0n) is 14.4. The van der Waals surface area contributed by atoms with Gasteiger partial charge < -0.3 is 9.80 Å². The summed E-state index contributed by atoms with van der Waals surface area (Å²) in [6.45, 7) is 5.24. The number of nitrogens with zero attached hydrogens (tertiary/aromatic N) is 3. The van der Waals surface area contributed by atoms with Crippen LogP contribution in [0.3, 0.4) is 0 Å². The Morgan fingerprint density at radius 3 is 2.67 bits per heavy atom. The number of amides is 2. The molecule has 0 unspecified atom stereocenters. The highest BCUT2D eigenvalue weighted by Gasteiger charge is 2.25. The van der Waals surface area contributed by atoms with E-state index in [1.807, 2.05) is 24.8 Å². The molecule has 5 nitrogen and oxygen atoms in total. The van der Waals surface area contributed by atoms with Crippen LogP contribution in [-0.2, 0) is 24.2 Å². The van der Waals surface area contributed by atoms with E-state index in [1.54, 1.807) is 41.7 Å². The topological polar surface area (TPSA) is 53.5 Å². The molecule has 128 valence electrons. The van der Waals surface area contributed by atoms with Gasteiger partial charge in [-0.2, -0.15) is 0 Å². The summed E-state index contributed by atoms with van der Waals surface area (Å²) in [5, 5.41) is 1.00. The number of fused-ring (bicyclic) bond motifs is 1. The largest absolute Gasteiger partial charge is 0.344 e. The van der Waals surface area contributed by atoms with Crippen molar-refractivity contribution in [2.45, 2.75) is 33.2 Å². The van der Waals surface area contributed by atoms with E-state index in [0.717, 1.165) is 39.0 Å². The van der Waals surface area contributed by atoms with Crippen LogP contribution >= 0.6 is 22.7 Å². The van der Waals surface area contributed by atoms with Crippen LogP contribution in [0.15, 0.2) is 6.07 Å². The molecule has 1 aliphatic heterocycles. The molecular formula is C17H21N3O2S2. The quantitative estimate of drug-likeness (QED) is 0.842. The third kappa shape index (κ3) is 3.37. The molecule has 2 aromatic heterocycles. The first kappa shape index (κ1) is 17.1. The predicted molar refractivity (Wildman–Crippen MR) is 96.7 cm³/mol. The fourth-order valence-electron chi connectivity index (χ4n) is 2.86. The number of aromatic nitrogens is 1. The minimum Gasteiger partial charge on any atom is -0.344 e. The SMILES string of the molecule is Cc1nc(C)c(CC(=O)N2CCc3sc(C(=O)N(C)C)cc3C2)s1. The van der Waals surface area contributed by atoms with Crippen molar-refractivity contribution in [2.24, 2.45) is 0 Å². The second-order valence-corrected chi connectivity index (χ2v) is 8.67. The number of hydrogen-bond acceptors (Lipinski definition) is 5. The lowest BCUT2D eigenvalue weighted by Gasteiger charge is -2.26. The molecule has 7 heteroatoms. The molecule has 1 aliphatic rings. The van der Waals surface area contributed by atoms with Crippen molar-refractivity contribution in [1.29, 1.82) is 0 Å². The first-order valence-corrected chi connectivity index (χ1v) is 9.52. The maximum Gasteiger partial charge on any atom is 0.263 e. The van der Waals surface area contributed by atoms with Gasteiger partial charge in [0, 0.05) is 36.9 Å². The van der Waals surface area contributed by atoms with Gasteiger partial charge in [-0.15, -0.1) is 22.7 Å². The molecule has 3 rings (SSSR count). The third-order valence-corrected chi connectivity index (χ3v) is 6.45. The van der Waals surface area contributed by atoms with Gasteiger partial charge in [-0.25, -0.2) is 4.98 Å². The zero-order chi connectivity index (χ0) is 17.4. The lowest BCUT2D eigenvalue weighted by molar-refractivity contribution is -0.131. The Hall–Kier alpha value is -1.73. The van der Waals surface area contributed by atoms with E-state index in [-0.39, 0.29) is 11.8 Å². The predicted octanol–water partition coefficient (Wildman–Crippen LogP) is 2.65. The summed E-state index contributed by atoms with van der Waals surface area (Å²) in [6, 6.07) is 1.95. The van der Waals surface area contributed by atoms with Gasteiger partial charge in [-0.1, -0.05) is 0 Å². The maximum absolute atomic E-state index is 12.6. The zero-order valence-corrected chi connectivity index (χ0v) is 16.0. The normalized spacial score (nSPS) is 13.8. The van der Waals surface area contributed by atoms with Gasteiger partial charge in [-0.3, -0.25) is 9.59 Å². The summed E-state index contributed by atoms with van der Waals surface area (Å²) in [5.41, 5.74) is 2.07. The van der Waals surface area contributed by atoms with Gasteiger partial charge in [0.15, 0.2) is 0 Å². The minimum absolute atomic E-state index is 0.0306. The Bertz CT molecular complexity index is 792. The Morgan fingerprint density at radius 2 is 2.04 bits per heavy atom. The van der Waals surface area contributed by atoms with Gasteiger partial charge in [0.2, 0.25) is 5.91 Å². The number of carbonyl (C=O) groups excluding carboxylic acids is 2. The number of thiazole rings is 1. The van der Waals surface area contributed by atoms with Crippen molar-refractivity contribution < 1.29 is 9.59 Å². The van der Waals surface area contributed by atoms with Gasteiger partial charge in [-0.05, 0) is 31.9 Å². The summed E-state index contributed by atoms with van der Waals surface area (Å²) >= 11 is 3.15. The van der Waals surface area contributed by atoms with Crippen molar-refractivity contribution in [3.05, 3.63) is 37.0 Å². The molecule has 0 radical (unpaired) electrons. The molecule has 0 N–H and O–H groups in total. The fraction of sp³-hybridized carbons (Fsp3) is 0.471. The minimum atomic E-state index is 0.0306. The van der Waals surface area contributed by atoms with Crippen LogP contribution in [0.5, 0.6) is 0 Å². The molecule has 0 spiro atoms. The lowest BCUT2D eigenvalue weighted by Crippen LogP contribution is -2.36. The fourth-order valence-corrected chi connectivity index (χ4v) is 4.97. The van der Waals surface area contributed by atoms with Crippen LogP contribution in [-0.4, -0.2) is 47.2 Å². The monoisotopic (exact) mass is 363 g/mol. The number of rotatable bonds is 3. The Labute approximate surface area is 149 Å². The number of hydrogen-bond donors (Lipinski definition) is 0. The third-order valence-electron chi connectivity index (χ3n) is 4.15. The molecular weight excluding hydrogens is 342 g/mol. The van der Waals surface area contributed by atoms with Crippen molar-refractivity contribution in [1.82, 2.24) is 14.8 Å². The molecule has 0 aromatic carbocycles. The standard InChI is InChI=1S/C17H21N3O2S2/c1-10-14(23-11(2)18-10)8-16(21)20-6-5-13-12(9-20)7-15(24-13)17(22)19(3)4/h7H,5-6,8-9H2,1-4H3. The average Bonchev–Trinajstić information content (AvgIpc) is 3.08. The second-order valence-electron chi connectivity index (χ2n) is 6.24. The second kappa shape index (κ2) is 6.64. The average molecular weight is 364 g/mol. The first-order valence-electron chi connectivity index (χ1n) is 7.89. The lowest BCUT2D eigenvalue weighted by atomic mass is 10.1. The highest BCUT2D eigenvalue weighted by atomic mass is 32.1. The number of aryl methyl sites for hydroxylation is 2. The summed E-state index contributed by atoms with van der Waals surface area (Å²) < 4.78 is 0. The number of carbonyl (C=O) groups is 2. The maximum atomic E-state index is 12.6. The molecule has 0 aliphatic carbocycles. The Morgan fingerprint density at radius 1 is 1.29 bits per heavy atom. The Balaban J connectivity index is 1.71. The van der Waals surface area contributed by atoms with Crippen LogP contribution in [0.1, 0.15) is 35.7 Å². The molecule has 2 aromatic rings. The van der Waals surface area contributed by atoms with E-state index in [2.05, 4.69) is 4.98 Å². The molecule has 0 saturated carbocycles. The summed E-state index contributed by atoms with van der Waals surface area (Å²) in [6.07, 6.45) is 1.24. The van der Waals surface area contributed by atoms with E-state index >= 15 is 0 Å². The van der Waals surface area contributed by atoms with E-state index in [4.69, 9.17) is 0 Å². The van der Waals surface area contributed by atoms with E-state index in [0.29, 0.717) is 13.0 Å². The molecule has 0 saturated heterocycles. The van der Waals surface area contributed by atoms with Crippen LogP contribution in [0.2, 0.25) is 0 Å². The van der Waals surface area contributed by atoms with E-state index in [1.165, 1.54) is 4.88 Å².